The van der Waals surface area contributed by atoms with Crippen molar-refractivity contribution in [2.24, 2.45) is 0 Å². The molecule has 0 spiro atoms. The number of halogens is 3. The summed E-state index contributed by atoms with van der Waals surface area (Å²) in [4.78, 5) is 4.89. The highest BCUT2D eigenvalue weighted by Crippen LogP contribution is 2.31. The third-order valence-electron chi connectivity index (χ3n) is 4.53. The number of sulfonamides is 1. The zero-order valence-corrected chi connectivity index (χ0v) is 20.0. The van der Waals surface area contributed by atoms with Gasteiger partial charge in [0.25, 0.3) is 0 Å². The van der Waals surface area contributed by atoms with Gasteiger partial charge in [0.1, 0.15) is 0 Å². The molecule has 29 heavy (non-hydrogen) atoms. The van der Waals surface area contributed by atoms with Crippen LogP contribution in [0.25, 0.3) is 11.3 Å². The van der Waals surface area contributed by atoms with E-state index in [9.17, 15) is 8.42 Å². The minimum absolute atomic E-state index is 0. The summed E-state index contributed by atoms with van der Waals surface area (Å²) in [6.45, 7) is 1.19. The first-order valence-corrected chi connectivity index (χ1v) is 11.8. The highest BCUT2D eigenvalue weighted by atomic mass is 79.9. The van der Waals surface area contributed by atoms with E-state index in [1.165, 1.54) is 11.3 Å². The monoisotopic (exact) mass is 533 g/mol. The average Bonchev–Trinajstić information content (AvgIpc) is 3.37. The molecule has 0 bridgehead atoms. The van der Waals surface area contributed by atoms with E-state index in [2.05, 4.69) is 10.3 Å². The van der Waals surface area contributed by atoms with Gasteiger partial charge in [0, 0.05) is 29.7 Å². The molecule has 1 saturated heterocycles. The van der Waals surface area contributed by atoms with Crippen molar-refractivity contribution in [3.63, 3.8) is 0 Å². The van der Waals surface area contributed by atoms with Crippen LogP contribution in [0, 0.1) is 0 Å². The topological polar surface area (TPSA) is 62.3 Å². The van der Waals surface area contributed by atoms with Crippen LogP contribution in [-0.2, 0) is 10.0 Å². The third kappa shape index (κ3) is 4.95. The van der Waals surface area contributed by atoms with Gasteiger partial charge in [-0.3, -0.25) is 0 Å². The zero-order valence-electron chi connectivity index (χ0n) is 15.1. The van der Waals surface area contributed by atoms with Gasteiger partial charge in [-0.05, 0) is 43.2 Å². The van der Waals surface area contributed by atoms with Crippen molar-refractivity contribution in [1.29, 1.82) is 0 Å². The Hall–Kier alpha value is -1.16. The quantitative estimate of drug-likeness (QED) is 0.422. The van der Waals surface area contributed by atoms with Crippen LogP contribution in [0.3, 0.4) is 0 Å². The van der Waals surface area contributed by atoms with Crippen molar-refractivity contribution >= 4 is 72.4 Å². The lowest BCUT2D eigenvalue weighted by Gasteiger charge is -2.15. The average molecular weight is 535 g/mol. The van der Waals surface area contributed by atoms with Crippen molar-refractivity contribution < 1.29 is 8.42 Å². The molecule has 1 N–H and O–H groups in total. The molecule has 1 aliphatic heterocycles. The minimum Gasteiger partial charge on any atom is -0.331 e. The Morgan fingerprint density at radius 1 is 1.00 bits per heavy atom. The van der Waals surface area contributed by atoms with E-state index in [0.29, 0.717) is 33.2 Å². The normalized spacial score (nSPS) is 14.6. The molecule has 1 fully saturated rings. The fourth-order valence-corrected chi connectivity index (χ4v) is 5.59. The highest BCUT2D eigenvalue weighted by Gasteiger charge is 2.27. The number of benzene rings is 2. The molecule has 0 amide bonds. The third-order valence-corrected chi connectivity index (χ3v) is 7.94. The largest absolute Gasteiger partial charge is 0.331 e. The van der Waals surface area contributed by atoms with Gasteiger partial charge in [-0.2, -0.15) is 4.31 Å². The maximum atomic E-state index is 12.6. The SMILES string of the molecule is Br.O=S(=O)(c1ccc(-c2csc(Nc3ccc(Cl)c(Cl)c3)n2)cc1)N1CCCC1. The summed E-state index contributed by atoms with van der Waals surface area (Å²) in [5.74, 6) is 0. The molecular weight excluding hydrogens is 517 g/mol. The predicted octanol–water partition coefficient (Wildman–Crippen LogP) is 6.22. The number of hydrogen-bond donors (Lipinski definition) is 1. The summed E-state index contributed by atoms with van der Waals surface area (Å²) in [6, 6.07) is 12.2. The Labute approximate surface area is 194 Å². The summed E-state index contributed by atoms with van der Waals surface area (Å²) in [5, 5.41) is 6.79. The Morgan fingerprint density at radius 2 is 1.69 bits per heavy atom. The predicted molar refractivity (Wildman–Crippen MR) is 126 cm³/mol. The molecule has 0 atom stereocenters. The van der Waals surface area contributed by atoms with Crippen LogP contribution in [0.15, 0.2) is 52.7 Å². The van der Waals surface area contributed by atoms with Gasteiger partial charge in [0.2, 0.25) is 10.0 Å². The van der Waals surface area contributed by atoms with Crippen molar-refractivity contribution in [2.75, 3.05) is 18.4 Å². The van der Waals surface area contributed by atoms with Crippen molar-refractivity contribution in [1.82, 2.24) is 9.29 Å². The Bertz CT molecular complexity index is 1100. The van der Waals surface area contributed by atoms with Gasteiger partial charge < -0.3 is 5.32 Å². The van der Waals surface area contributed by atoms with Gasteiger partial charge in [-0.25, -0.2) is 13.4 Å². The number of aromatic nitrogens is 1. The summed E-state index contributed by atoms with van der Waals surface area (Å²) >= 11 is 13.4. The molecule has 3 aromatic rings. The van der Waals surface area contributed by atoms with E-state index in [1.807, 2.05) is 11.4 Å². The Kier molecular flexibility index (Phi) is 7.24. The van der Waals surface area contributed by atoms with Crippen LogP contribution >= 0.6 is 51.5 Å². The molecule has 0 saturated carbocycles. The highest BCUT2D eigenvalue weighted by molar-refractivity contribution is 8.93. The molecule has 4 rings (SSSR count). The summed E-state index contributed by atoms with van der Waals surface area (Å²) in [5.41, 5.74) is 2.43. The number of anilines is 2. The maximum absolute atomic E-state index is 12.6. The lowest BCUT2D eigenvalue weighted by atomic mass is 10.2. The van der Waals surface area contributed by atoms with Crippen molar-refractivity contribution in [2.45, 2.75) is 17.7 Å². The van der Waals surface area contributed by atoms with E-state index < -0.39 is 10.0 Å². The summed E-state index contributed by atoms with van der Waals surface area (Å²) in [7, 11) is -3.40. The lowest BCUT2D eigenvalue weighted by Crippen LogP contribution is -2.27. The van der Waals surface area contributed by atoms with Gasteiger partial charge in [-0.15, -0.1) is 28.3 Å². The second-order valence-corrected chi connectivity index (χ2v) is 10.0. The first kappa shape index (κ1) is 22.5. The zero-order chi connectivity index (χ0) is 19.7. The van der Waals surface area contributed by atoms with Crippen molar-refractivity contribution in [3.8, 4) is 11.3 Å². The first-order valence-electron chi connectivity index (χ1n) is 8.72. The number of nitrogens with one attached hydrogen (secondary N) is 1. The molecule has 2 heterocycles. The van der Waals surface area contributed by atoms with Crippen LogP contribution in [0.2, 0.25) is 10.0 Å². The number of thiazole rings is 1. The minimum atomic E-state index is -3.40. The molecule has 1 aromatic heterocycles. The fraction of sp³-hybridized carbons (Fsp3) is 0.211. The van der Waals surface area contributed by atoms with Gasteiger partial charge in [0.15, 0.2) is 5.13 Å². The van der Waals surface area contributed by atoms with Gasteiger partial charge in [-0.1, -0.05) is 35.3 Å². The van der Waals surface area contributed by atoms with Crippen LogP contribution in [0.1, 0.15) is 12.8 Å². The molecular formula is C19H18BrCl2N3O2S2. The first-order chi connectivity index (χ1) is 13.4. The van der Waals surface area contributed by atoms with Crippen LogP contribution in [0.4, 0.5) is 10.8 Å². The molecule has 0 unspecified atom stereocenters. The second-order valence-electron chi connectivity index (χ2n) is 6.43. The van der Waals surface area contributed by atoms with Crippen LogP contribution < -0.4 is 5.32 Å². The van der Waals surface area contributed by atoms with E-state index in [-0.39, 0.29) is 17.0 Å². The van der Waals surface area contributed by atoms with E-state index in [4.69, 9.17) is 23.2 Å². The molecule has 10 heteroatoms. The molecule has 154 valence electrons. The van der Waals surface area contributed by atoms with Crippen molar-refractivity contribution in [3.05, 3.63) is 57.9 Å². The smallest absolute Gasteiger partial charge is 0.243 e. The van der Waals surface area contributed by atoms with E-state index >= 15 is 0 Å². The lowest BCUT2D eigenvalue weighted by molar-refractivity contribution is 0.477. The molecule has 1 aliphatic rings. The van der Waals surface area contributed by atoms with Crippen LogP contribution in [0.5, 0.6) is 0 Å². The number of nitrogens with zero attached hydrogens (tertiary/aromatic N) is 2. The van der Waals surface area contributed by atoms with E-state index in [1.54, 1.807) is 40.7 Å². The standard InChI is InChI=1S/C19H17Cl2N3O2S2.BrH/c20-16-8-5-14(11-17(16)21)22-19-23-18(12-27-19)13-3-6-15(7-4-13)28(25,26)24-9-1-2-10-24;/h3-8,11-12H,1-2,9-10H2,(H,22,23);1H. The molecule has 5 nitrogen and oxygen atoms in total. The maximum Gasteiger partial charge on any atom is 0.243 e. The Balaban J connectivity index is 0.00000240. The molecule has 2 aromatic carbocycles. The Morgan fingerprint density at radius 3 is 2.34 bits per heavy atom. The van der Waals surface area contributed by atoms with Gasteiger partial charge in [0.05, 0.1) is 20.6 Å². The molecule has 0 radical (unpaired) electrons. The fourth-order valence-electron chi connectivity index (χ4n) is 3.04. The van der Waals surface area contributed by atoms with Crippen LogP contribution in [-0.4, -0.2) is 30.8 Å². The summed E-state index contributed by atoms with van der Waals surface area (Å²) in [6.07, 6.45) is 1.84. The second kappa shape index (κ2) is 9.32. The van der Waals surface area contributed by atoms with E-state index in [0.717, 1.165) is 29.8 Å². The van der Waals surface area contributed by atoms with Gasteiger partial charge >= 0.3 is 0 Å². The number of rotatable bonds is 5. The molecule has 0 aliphatic carbocycles. The number of hydrogen-bond acceptors (Lipinski definition) is 5. The summed E-state index contributed by atoms with van der Waals surface area (Å²) < 4.78 is 26.8.